The second-order valence-corrected chi connectivity index (χ2v) is 4.26. The Hall–Kier alpha value is -1.79. The number of hydrogen-bond donors (Lipinski definition) is 2. The molecule has 0 radical (unpaired) electrons. The Morgan fingerprint density at radius 1 is 1.39 bits per heavy atom. The van der Waals surface area contributed by atoms with E-state index in [0.29, 0.717) is 15.7 Å². The molecule has 1 heterocycles. The SMILES string of the molecule is Nc1ncn(CC(=O)Nc2c(Cl)cccc2Cl)n1. The second kappa shape index (κ2) is 5.24. The van der Waals surface area contributed by atoms with Crippen molar-refractivity contribution in [1.29, 1.82) is 0 Å². The predicted molar refractivity (Wildman–Crippen MR) is 69.5 cm³/mol. The fourth-order valence-electron chi connectivity index (χ4n) is 1.33. The van der Waals surface area contributed by atoms with Gasteiger partial charge in [-0.05, 0) is 12.1 Å². The fraction of sp³-hybridized carbons (Fsp3) is 0.100. The molecule has 2 aromatic rings. The second-order valence-electron chi connectivity index (χ2n) is 3.45. The van der Waals surface area contributed by atoms with Crippen LogP contribution in [0, 0.1) is 0 Å². The Morgan fingerprint density at radius 3 is 2.61 bits per heavy atom. The Kier molecular flexibility index (Phi) is 3.69. The van der Waals surface area contributed by atoms with Gasteiger partial charge in [0.05, 0.1) is 15.7 Å². The first-order valence-electron chi connectivity index (χ1n) is 4.95. The van der Waals surface area contributed by atoms with E-state index in [9.17, 15) is 4.79 Å². The van der Waals surface area contributed by atoms with Crippen LogP contribution in [0.3, 0.4) is 0 Å². The maximum absolute atomic E-state index is 11.7. The Morgan fingerprint density at radius 2 is 2.06 bits per heavy atom. The van der Waals surface area contributed by atoms with Crippen molar-refractivity contribution < 1.29 is 4.79 Å². The molecule has 0 aliphatic rings. The molecule has 1 aromatic carbocycles. The van der Waals surface area contributed by atoms with Gasteiger partial charge in [0.15, 0.2) is 0 Å². The lowest BCUT2D eigenvalue weighted by molar-refractivity contribution is -0.116. The van der Waals surface area contributed by atoms with Gasteiger partial charge in [-0.25, -0.2) is 9.67 Å². The van der Waals surface area contributed by atoms with Gasteiger partial charge in [0, 0.05) is 0 Å². The van der Waals surface area contributed by atoms with Crippen molar-refractivity contribution in [2.45, 2.75) is 6.54 Å². The van der Waals surface area contributed by atoms with Crippen molar-refractivity contribution in [3.05, 3.63) is 34.6 Å². The van der Waals surface area contributed by atoms with Crippen LogP contribution in [0.2, 0.25) is 10.0 Å². The van der Waals surface area contributed by atoms with Crippen molar-refractivity contribution in [2.75, 3.05) is 11.1 Å². The highest BCUT2D eigenvalue weighted by atomic mass is 35.5. The third kappa shape index (κ3) is 2.91. The van der Waals surface area contributed by atoms with Gasteiger partial charge in [-0.15, -0.1) is 5.10 Å². The average molecular weight is 286 g/mol. The molecule has 0 fully saturated rings. The first kappa shape index (κ1) is 12.7. The van der Waals surface area contributed by atoms with Gasteiger partial charge in [-0.1, -0.05) is 29.3 Å². The minimum atomic E-state index is -0.324. The van der Waals surface area contributed by atoms with E-state index >= 15 is 0 Å². The highest BCUT2D eigenvalue weighted by Crippen LogP contribution is 2.29. The molecule has 0 unspecified atom stereocenters. The third-order valence-corrected chi connectivity index (χ3v) is 2.72. The van der Waals surface area contributed by atoms with Crippen LogP contribution < -0.4 is 11.1 Å². The van der Waals surface area contributed by atoms with Crippen molar-refractivity contribution in [3.8, 4) is 0 Å². The lowest BCUT2D eigenvalue weighted by atomic mass is 10.3. The van der Waals surface area contributed by atoms with Gasteiger partial charge >= 0.3 is 0 Å². The van der Waals surface area contributed by atoms with Crippen LogP contribution >= 0.6 is 23.2 Å². The summed E-state index contributed by atoms with van der Waals surface area (Å²) in [7, 11) is 0. The molecule has 0 aliphatic carbocycles. The summed E-state index contributed by atoms with van der Waals surface area (Å²) in [5.41, 5.74) is 5.71. The maximum Gasteiger partial charge on any atom is 0.246 e. The van der Waals surface area contributed by atoms with E-state index in [1.54, 1.807) is 18.2 Å². The zero-order chi connectivity index (χ0) is 13.1. The molecule has 0 bridgehead atoms. The zero-order valence-corrected chi connectivity index (χ0v) is 10.6. The topological polar surface area (TPSA) is 85.8 Å². The molecule has 1 aromatic heterocycles. The number of nitrogens with one attached hydrogen (secondary N) is 1. The van der Waals surface area contributed by atoms with E-state index < -0.39 is 0 Å². The lowest BCUT2D eigenvalue weighted by Gasteiger charge is -2.08. The summed E-state index contributed by atoms with van der Waals surface area (Å²) < 4.78 is 1.31. The molecular weight excluding hydrogens is 277 g/mol. The Bertz CT molecular complexity index is 563. The first-order valence-corrected chi connectivity index (χ1v) is 5.70. The van der Waals surface area contributed by atoms with Crippen LogP contribution in [0.5, 0.6) is 0 Å². The molecule has 8 heteroatoms. The molecule has 1 amide bonds. The number of para-hydroxylation sites is 1. The minimum Gasteiger partial charge on any atom is -0.367 e. The van der Waals surface area contributed by atoms with Crippen molar-refractivity contribution in [3.63, 3.8) is 0 Å². The molecule has 0 saturated carbocycles. The van der Waals surface area contributed by atoms with E-state index in [0.717, 1.165) is 0 Å². The number of anilines is 2. The summed E-state index contributed by atoms with van der Waals surface area (Å²) in [6.07, 6.45) is 1.36. The highest BCUT2D eigenvalue weighted by Gasteiger charge is 2.10. The molecular formula is C10H9Cl2N5O. The van der Waals surface area contributed by atoms with E-state index in [-0.39, 0.29) is 18.4 Å². The summed E-state index contributed by atoms with van der Waals surface area (Å²) in [6, 6.07) is 4.96. The van der Waals surface area contributed by atoms with Crippen LogP contribution in [0.4, 0.5) is 11.6 Å². The number of benzene rings is 1. The minimum absolute atomic E-state index is 0.0221. The summed E-state index contributed by atoms with van der Waals surface area (Å²) in [4.78, 5) is 15.4. The normalized spacial score (nSPS) is 10.3. The average Bonchev–Trinajstić information content (AvgIpc) is 2.69. The standard InChI is InChI=1S/C10H9Cl2N5O/c11-6-2-1-3-7(12)9(6)15-8(18)4-17-5-14-10(13)16-17/h1-3,5H,4H2,(H2,13,16)(H,15,18). The number of carbonyl (C=O) groups excluding carboxylic acids is 1. The number of amides is 1. The third-order valence-electron chi connectivity index (χ3n) is 2.09. The molecule has 2 rings (SSSR count). The first-order chi connectivity index (χ1) is 8.56. The van der Waals surface area contributed by atoms with Crippen LogP contribution in [0.15, 0.2) is 24.5 Å². The fourth-order valence-corrected chi connectivity index (χ4v) is 1.82. The number of rotatable bonds is 3. The van der Waals surface area contributed by atoms with E-state index in [4.69, 9.17) is 28.9 Å². The van der Waals surface area contributed by atoms with Crippen molar-refractivity contribution >= 4 is 40.7 Å². The lowest BCUT2D eigenvalue weighted by Crippen LogP contribution is -2.19. The van der Waals surface area contributed by atoms with Crippen molar-refractivity contribution in [2.24, 2.45) is 0 Å². The summed E-state index contributed by atoms with van der Waals surface area (Å²) in [6.45, 7) is -0.0221. The molecule has 18 heavy (non-hydrogen) atoms. The van der Waals surface area contributed by atoms with Gasteiger partial charge in [0.1, 0.15) is 12.9 Å². The predicted octanol–water partition coefficient (Wildman–Crippen LogP) is 1.81. The molecule has 0 spiro atoms. The monoisotopic (exact) mass is 285 g/mol. The van der Waals surface area contributed by atoms with Gasteiger partial charge in [0.25, 0.3) is 0 Å². The van der Waals surface area contributed by atoms with Crippen LogP contribution in [0.1, 0.15) is 0 Å². The smallest absolute Gasteiger partial charge is 0.246 e. The Labute approximate surface area is 113 Å². The van der Waals surface area contributed by atoms with Crippen molar-refractivity contribution in [1.82, 2.24) is 14.8 Å². The van der Waals surface area contributed by atoms with Gasteiger partial charge in [0.2, 0.25) is 11.9 Å². The number of nitrogens with zero attached hydrogens (tertiary/aromatic N) is 3. The molecule has 6 nitrogen and oxygen atoms in total. The number of nitrogens with two attached hydrogens (primary N) is 1. The highest BCUT2D eigenvalue weighted by molar-refractivity contribution is 6.39. The van der Waals surface area contributed by atoms with Crippen LogP contribution in [-0.2, 0) is 11.3 Å². The quantitative estimate of drug-likeness (QED) is 0.901. The Balaban J connectivity index is 2.08. The number of carbonyl (C=O) groups is 1. The number of hydrogen-bond acceptors (Lipinski definition) is 4. The number of nitrogen functional groups attached to an aromatic ring is 1. The molecule has 0 saturated heterocycles. The zero-order valence-electron chi connectivity index (χ0n) is 9.10. The van der Waals surface area contributed by atoms with Gasteiger partial charge < -0.3 is 11.1 Å². The van der Waals surface area contributed by atoms with E-state index in [1.807, 2.05) is 0 Å². The molecule has 3 N–H and O–H groups in total. The molecule has 0 aliphatic heterocycles. The number of aromatic nitrogens is 3. The summed E-state index contributed by atoms with van der Waals surface area (Å²) in [5.74, 6) is -0.214. The van der Waals surface area contributed by atoms with E-state index in [2.05, 4.69) is 15.4 Å². The summed E-state index contributed by atoms with van der Waals surface area (Å²) in [5, 5.41) is 7.14. The van der Waals surface area contributed by atoms with Crippen LogP contribution in [-0.4, -0.2) is 20.7 Å². The number of halogens is 2. The summed E-state index contributed by atoms with van der Waals surface area (Å²) >= 11 is 11.9. The van der Waals surface area contributed by atoms with Gasteiger partial charge in [-0.2, -0.15) is 0 Å². The van der Waals surface area contributed by atoms with Crippen LogP contribution in [0.25, 0.3) is 0 Å². The van der Waals surface area contributed by atoms with E-state index in [1.165, 1.54) is 11.0 Å². The molecule has 94 valence electrons. The van der Waals surface area contributed by atoms with Gasteiger partial charge in [-0.3, -0.25) is 4.79 Å². The molecule has 0 atom stereocenters. The maximum atomic E-state index is 11.7. The largest absolute Gasteiger partial charge is 0.367 e.